The maximum absolute atomic E-state index is 13.4. The van der Waals surface area contributed by atoms with Crippen molar-refractivity contribution in [3.05, 3.63) is 82.6 Å². The van der Waals surface area contributed by atoms with Crippen LogP contribution in [0.1, 0.15) is 110 Å². The highest BCUT2D eigenvalue weighted by molar-refractivity contribution is 7.85. The van der Waals surface area contributed by atoms with Gasteiger partial charge < -0.3 is 38.6 Å². The van der Waals surface area contributed by atoms with Gasteiger partial charge in [-0.3, -0.25) is 14.4 Å². The van der Waals surface area contributed by atoms with Crippen molar-refractivity contribution in [2.45, 2.75) is 88.9 Å². The summed E-state index contributed by atoms with van der Waals surface area (Å²) < 4.78 is 88.9. The van der Waals surface area contributed by atoms with Gasteiger partial charge in [0.25, 0.3) is 5.91 Å². The molecule has 0 bridgehead atoms. The first-order valence-corrected chi connectivity index (χ1v) is 24.4. The van der Waals surface area contributed by atoms with Gasteiger partial charge >= 0.3 is 5.97 Å². The highest BCUT2D eigenvalue weighted by atomic mass is 32.2. The van der Waals surface area contributed by atoms with Crippen molar-refractivity contribution in [2.75, 3.05) is 77.2 Å². The number of anilines is 1. The third-order valence-electron chi connectivity index (χ3n) is 11.8. The van der Waals surface area contributed by atoms with Crippen LogP contribution in [0.4, 0.5) is 11.4 Å². The predicted molar refractivity (Wildman–Crippen MR) is 237 cm³/mol. The largest absolute Gasteiger partial charge is 0.748 e. The standard InChI is InChI=1S/C45H63N3O13S2/c1-44(21-11-29-62(53,54)55)35-31-33(39(49)13-10-26-59-3)17-19-38(35)48(25-28-61-5)41(44)15-9-14-40-45(2,22-12-30-63(56,57)58)36-32-34(43(52)46-23-27-60-4)18-20-37(36)47(40)24-8-6-7-16-42(50)51/h9,14-15,17-20,31-32H,6-8,10-13,16,21-30H2,1-5H3,(H3-,46,50,51,52,53,54,55,56,57,58)/p-1. The van der Waals surface area contributed by atoms with Gasteiger partial charge in [0.05, 0.1) is 38.9 Å². The number of amides is 1. The van der Waals surface area contributed by atoms with E-state index >= 15 is 0 Å². The van der Waals surface area contributed by atoms with E-state index in [1.807, 2.05) is 50.3 Å². The topological polar surface area (TPSA) is 232 Å². The van der Waals surface area contributed by atoms with Crippen LogP contribution in [0.3, 0.4) is 0 Å². The molecule has 0 saturated heterocycles. The Labute approximate surface area is 371 Å². The van der Waals surface area contributed by atoms with E-state index in [-0.39, 0.29) is 56.8 Å². The Morgan fingerprint density at radius 3 is 2.05 bits per heavy atom. The number of methoxy groups -OCH3 is 3. The van der Waals surface area contributed by atoms with Gasteiger partial charge in [-0.05, 0) is 101 Å². The number of benzene rings is 2. The Hall–Kier alpha value is -4.30. The summed E-state index contributed by atoms with van der Waals surface area (Å²) in [5.74, 6) is -2.45. The van der Waals surface area contributed by atoms with Crippen molar-refractivity contribution >= 4 is 55.0 Å². The smallest absolute Gasteiger partial charge is 0.303 e. The minimum Gasteiger partial charge on any atom is -0.748 e. The summed E-state index contributed by atoms with van der Waals surface area (Å²) in [4.78, 5) is 40.0. The molecule has 0 aromatic heterocycles. The molecule has 0 spiro atoms. The number of ether oxygens (including phenoxy) is 3. The molecule has 2 atom stereocenters. The molecule has 18 heteroatoms. The van der Waals surface area contributed by atoms with E-state index in [9.17, 15) is 45.4 Å². The van der Waals surface area contributed by atoms with Crippen molar-refractivity contribution in [1.82, 2.24) is 5.32 Å². The minimum atomic E-state index is -4.55. The summed E-state index contributed by atoms with van der Waals surface area (Å²) in [5.41, 5.74) is 3.76. The number of hydrogen-bond acceptors (Lipinski definition) is 13. The van der Waals surface area contributed by atoms with Crippen molar-refractivity contribution in [1.29, 1.82) is 0 Å². The molecule has 16 nitrogen and oxygen atoms in total. The number of ketones is 1. The van der Waals surface area contributed by atoms with Crippen molar-refractivity contribution < 1.29 is 64.2 Å². The number of carboxylic acids is 1. The monoisotopic (exact) mass is 916 g/mol. The molecule has 2 N–H and O–H groups in total. The third kappa shape index (κ3) is 13.8. The van der Waals surface area contributed by atoms with Crippen LogP contribution in [-0.2, 0) is 50.1 Å². The van der Waals surface area contributed by atoms with Crippen molar-refractivity contribution in [3.8, 4) is 0 Å². The zero-order chi connectivity index (χ0) is 46.4. The summed E-state index contributed by atoms with van der Waals surface area (Å²) in [6.45, 7) is 6.12. The first-order chi connectivity index (χ1) is 29.8. The van der Waals surface area contributed by atoms with E-state index in [0.29, 0.717) is 69.7 Å². The SMILES string of the molecule is COCCCC(=O)c1ccc2c(c1)C(C)(CCCS(=O)(=O)[O-])/C(=C\C=C\C1=[N+](CCCCCC(=O)O)c3ccc(C(=O)NCCOC)cc3C1(C)CCCS(=O)(=O)[O-])N2CCOC. The molecule has 2 aliphatic rings. The Morgan fingerprint density at radius 2 is 1.41 bits per heavy atom. The van der Waals surface area contributed by atoms with Gasteiger partial charge in [0.2, 0.25) is 5.69 Å². The number of carboxylic acid groups (broad SMARTS) is 1. The van der Waals surface area contributed by atoms with Gasteiger partial charge in [0.15, 0.2) is 11.5 Å². The Bertz CT molecular complexity index is 2270. The molecule has 2 aliphatic heterocycles. The van der Waals surface area contributed by atoms with Gasteiger partial charge in [-0.1, -0.05) is 6.08 Å². The number of hydrogen-bond donors (Lipinski definition) is 2. The van der Waals surface area contributed by atoms with E-state index < -0.39 is 48.5 Å². The van der Waals surface area contributed by atoms with E-state index in [4.69, 9.17) is 14.2 Å². The van der Waals surface area contributed by atoms with Crippen LogP contribution in [0.15, 0.2) is 60.3 Å². The molecule has 4 rings (SSSR count). The summed E-state index contributed by atoms with van der Waals surface area (Å²) >= 11 is 0. The highest BCUT2D eigenvalue weighted by Crippen LogP contribution is 2.51. The van der Waals surface area contributed by atoms with Gasteiger partial charge in [0, 0.05) is 117 Å². The molecule has 2 aromatic carbocycles. The average Bonchev–Trinajstić information content (AvgIpc) is 3.58. The number of fused-ring (bicyclic) bond motifs is 2. The molecule has 2 aromatic rings. The maximum Gasteiger partial charge on any atom is 0.303 e. The predicted octanol–water partition coefficient (Wildman–Crippen LogP) is 5.19. The molecule has 2 unspecified atom stereocenters. The number of carbonyl (C=O) groups is 3. The fourth-order valence-corrected chi connectivity index (χ4v) is 9.65. The van der Waals surface area contributed by atoms with E-state index in [1.54, 1.807) is 32.4 Å². The molecular weight excluding hydrogens is 855 g/mol. The van der Waals surface area contributed by atoms with Crippen LogP contribution >= 0.6 is 0 Å². The Kier molecular flexibility index (Phi) is 18.8. The number of carbonyl (C=O) groups excluding carboxylic acids is 2. The van der Waals surface area contributed by atoms with Crippen LogP contribution in [0.5, 0.6) is 0 Å². The number of rotatable bonds is 28. The van der Waals surface area contributed by atoms with Crippen LogP contribution in [0, 0.1) is 0 Å². The number of nitrogens with zero attached hydrogens (tertiary/aromatic N) is 2. The zero-order valence-corrected chi connectivity index (χ0v) is 38.6. The highest BCUT2D eigenvalue weighted by Gasteiger charge is 2.48. The summed E-state index contributed by atoms with van der Waals surface area (Å²) in [5, 5.41) is 12.1. The lowest BCUT2D eigenvalue weighted by Gasteiger charge is -2.30. The fourth-order valence-electron chi connectivity index (χ4n) is 8.66. The molecule has 1 amide bonds. The van der Waals surface area contributed by atoms with Gasteiger partial charge in [-0.2, -0.15) is 4.58 Å². The second-order valence-corrected chi connectivity index (χ2v) is 19.5. The average molecular weight is 917 g/mol. The van der Waals surface area contributed by atoms with Crippen LogP contribution in [0.2, 0.25) is 0 Å². The van der Waals surface area contributed by atoms with Crippen LogP contribution < -0.4 is 10.2 Å². The van der Waals surface area contributed by atoms with Gasteiger partial charge in [-0.25, -0.2) is 16.8 Å². The van der Waals surface area contributed by atoms with Gasteiger partial charge in [-0.15, -0.1) is 0 Å². The van der Waals surface area contributed by atoms with Crippen molar-refractivity contribution in [2.24, 2.45) is 0 Å². The van der Waals surface area contributed by atoms with Gasteiger partial charge in [0.1, 0.15) is 6.54 Å². The first kappa shape index (κ1) is 51.3. The number of aliphatic carboxylic acids is 1. The maximum atomic E-state index is 13.4. The number of nitrogens with one attached hydrogen (secondary N) is 1. The molecule has 0 saturated carbocycles. The minimum absolute atomic E-state index is 0.0223. The lowest BCUT2D eigenvalue weighted by Crippen LogP contribution is -2.33. The molecule has 63 heavy (non-hydrogen) atoms. The third-order valence-corrected chi connectivity index (χ3v) is 13.4. The Morgan fingerprint density at radius 1 is 0.778 bits per heavy atom. The lowest BCUT2D eigenvalue weighted by molar-refractivity contribution is -0.438. The summed E-state index contributed by atoms with van der Waals surface area (Å²) in [6.07, 6.45) is 8.80. The first-order valence-electron chi connectivity index (χ1n) is 21.3. The normalized spacial score (nSPS) is 19.3. The second kappa shape index (κ2) is 23.1. The van der Waals surface area contributed by atoms with Crippen LogP contribution in [-0.4, -0.2) is 131 Å². The summed E-state index contributed by atoms with van der Waals surface area (Å²) in [7, 11) is -4.40. The number of allylic oxidation sites excluding steroid dienone is 4. The second-order valence-electron chi connectivity index (χ2n) is 16.4. The van der Waals surface area contributed by atoms with E-state index in [0.717, 1.165) is 33.9 Å². The van der Waals surface area contributed by atoms with Crippen molar-refractivity contribution in [3.63, 3.8) is 0 Å². The van der Waals surface area contributed by atoms with E-state index in [1.165, 1.54) is 7.11 Å². The number of Topliss-reactive ketones (excluding diaryl/α,β-unsaturated/α-hetero) is 1. The molecule has 2 heterocycles. The number of unbranched alkanes of at least 4 members (excludes halogenated alkanes) is 2. The molecule has 0 radical (unpaired) electrons. The fraction of sp³-hybridized carbons (Fsp3) is 0.556. The molecular formula is C45H62N3O13S2-. The quantitative estimate of drug-likeness (QED) is 0.0485. The Balaban J connectivity index is 1.90. The van der Waals surface area contributed by atoms with Crippen LogP contribution in [0.25, 0.3) is 0 Å². The van der Waals surface area contributed by atoms with E-state index in [2.05, 4.69) is 14.8 Å². The summed E-state index contributed by atoms with van der Waals surface area (Å²) in [6, 6.07) is 10.8. The zero-order valence-electron chi connectivity index (χ0n) is 37.0. The molecule has 0 aliphatic carbocycles. The molecule has 0 fully saturated rings. The molecule has 348 valence electrons. The lowest BCUT2D eigenvalue weighted by atomic mass is 9.75.